The number of hydrogen-bond donors (Lipinski definition) is 0. The first kappa shape index (κ1) is 20.8. The van der Waals surface area contributed by atoms with Crippen molar-refractivity contribution in [3.63, 3.8) is 0 Å². The van der Waals surface area contributed by atoms with E-state index in [9.17, 15) is 0 Å². The monoisotopic (exact) mass is 463 g/mol. The third-order valence-corrected chi connectivity index (χ3v) is 7.48. The van der Waals surface area contributed by atoms with Crippen LogP contribution in [0.1, 0.15) is 0 Å². The molecule has 0 atom stereocenters. The van der Waals surface area contributed by atoms with E-state index in [0.29, 0.717) is 0 Å². The van der Waals surface area contributed by atoms with E-state index in [2.05, 4.69) is 127 Å². The Hall–Kier alpha value is -4.56. The second-order valence-corrected chi connectivity index (χ2v) is 9.35. The molecule has 0 radical (unpaired) electrons. The van der Waals surface area contributed by atoms with Crippen LogP contribution in [-0.2, 0) is 7.05 Å². The smallest absolute Gasteiger partial charge is 0.118 e. The molecule has 1 heterocycles. The lowest BCUT2D eigenvalue weighted by molar-refractivity contribution is 0.415. The Morgan fingerprint density at radius 3 is 1.94 bits per heavy atom. The summed E-state index contributed by atoms with van der Waals surface area (Å²) in [5.74, 6) is 0.861. The van der Waals surface area contributed by atoms with Gasteiger partial charge in [0.25, 0.3) is 0 Å². The summed E-state index contributed by atoms with van der Waals surface area (Å²) in [6.07, 6.45) is 0. The predicted octanol–water partition coefficient (Wildman–Crippen LogP) is 8.98. The van der Waals surface area contributed by atoms with Crippen molar-refractivity contribution in [3.8, 4) is 28.0 Å². The van der Waals surface area contributed by atoms with Gasteiger partial charge in [-0.05, 0) is 45.7 Å². The average Bonchev–Trinajstić information content (AvgIpc) is 3.25. The number of benzene rings is 6. The van der Waals surface area contributed by atoms with Crippen LogP contribution in [-0.4, -0.2) is 11.7 Å². The molecule has 2 heteroatoms. The highest BCUT2D eigenvalue weighted by atomic mass is 16.5. The maximum atomic E-state index is 5.51. The van der Waals surface area contributed by atoms with Crippen LogP contribution in [0.2, 0.25) is 0 Å². The van der Waals surface area contributed by atoms with Gasteiger partial charge in [0.15, 0.2) is 0 Å². The zero-order chi connectivity index (χ0) is 24.2. The van der Waals surface area contributed by atoms with Gasteiger partial charge in [-0.2, -0.15) is 0 Å². The summed E-state index contributed by atoms with van der Waals surface area (Å²) in [6.45, 7) is 0. The number of aromatic nitrogens is 1. The van der Waals surface area contributed by atoms with Gasteiger partial charge in [0.1, 0.15) is 5.75 Å². The number of ether oxygens (including phenoxy) is 1. The van der Waals surface area contributed by atoms with Crippen LogP contribution in [0.5, 0.6) is 5.75 Å². The molecule has 36 heavy (non-hydrogen) atoms. The quantitative estimate of drug-likeness (QED) is 0.239. The normalized spacial score (nSPS) is 11.6. The zero-order valence-electron chi connectivity index (χ0n) is 20.3. The molecule has 7 aromatic rings. The van der Waals surface area contributed by atoms with Gasteiger partial charge >= 0.3 is 0 Å². The van der Waals surface area contributed by atoms with Gasteiger partial charge in [-0.25, -0.2) is 0 Å². The molecule has 6 aromatic carbocycles. The van der Waals surface area contributed by atoms with Crippen molar-refractivity contribution in [1.82, 2.24) is 4.57 Å². The van der Waals surface area contributed by atoms with Crippen LogP contribution in [0.15, 0.2) is 115 Å². The lowest BCUT2D eigenvalue weighted by atomic mass is 9.84. The van der Waals surface area contributed by atoms with Crippen molar-refractivity contribution < 1.29 is 4.74 Å². The molecule has 2 nitrogen and oxygen atoms in total. The standard InChI is InChI=1S/C34H25NO/c1-35-29-15-9-8-14-27(29)33-31(24-16-19-25(36-2)20-17-24)30(23-11-4-3-5-12-23)32-26-13-7-6-10-22(26)18-21-28(32)34(33)35/h3-21H,1-2H3. The largest absolute Gasteiger partial charge is 0.497 e. The summed E-state index contributed by atoms with van der Waals surface area (Å²) < 4.78 is 7.87. The molecule has 0 spiro atoms. The number of hydrogen-bond acceptors (Lipinski definition) is 1. The summed E-state index contributed by atoms with van der Waals surface area (Å²) in [5, 5.41) is 7.66. The van der Waals surface area contributed by atoms with Crippen LogP contribution in [0.25, 0.3) is 65.6 Å². The Morgan fingerprint density at radius 2 is 1.17 bits per heavy atom. The van der Waals surface area contributed by atoms with Crippen molar-refractivity contribution in [3.05, 3.63) is 115 Å². The fraction of sp³-hybridized carbons (Fsp3) is 0.0588. The molecular formula is C34H25NO. The zero-order valence-corrected chi connectivity index (χ0v) is 20.3. The van der Waals surface area contributed by atoms with E-state index in [0.717, 1.165) is 5.75 Å². The molecule has 0 unspecified atom stereocenters. The van der Waals surface area contributed by atoms with E-state index in [-0.39, 0.29) is 0 Å². The lowest BCUT2D eigenvalue weighted by Gasteiger charge is -2.19. The minimum Gasteiger partial charge on any atom is -0.497 e. The lowest BCUT2D eigenvalue weighted by Crippen LogP contribution is -1.94. The highest BCUT2D eigenvalue weighted by Gasteiger charge is 2.23. The number of nitrogens with zero attached hydrogens (tertiary/aromatic N) is 1. The highest BCUT2D eigenvalue weighted by Crippen LogP contribution is 2.49. The molecule has 0 bridgehead atoms. The van der Waals surface area contributed by atoms with Crippen molar-refractivity contribution in [2.45, 2.75) is 0 Å². The summed E-state index contributed by atoms with van der Waals surface area (Å²) in [5.41, 5.74) is 7.45. The third kappa shape index (κ3) is 2.91. The summed E-state index contributed by atoms with van der Waals surface area (Å²) in [4.78, 5) is 0. The second-order valence-electron chi connectivity index (χ2n) is 9.35. The van der Waals surface area contributed by atoms with Gasteiger partial charge in [0, 0.05) is 39.7 Å². The van der Waals surface area contributed by atoms with E-state index in [1.54, 1.807) is 7.11 Å². The van der Waals surface area contributed by atoms with Gasteiger partial charge in [-0.1, -0.05) is 97.1 Å². The number of aryl methyl sites for hydroxylation is 1. The van der Waals surface area contributed by atoms with E-state index in [4.69, 9.17) is 4.74 Å². The number of rotatable bonds is 3. The highest BCUT2D eigenvalue weighted by molar-refractivity contribution is 6.32. The van der Waals surface area contributed by atoms with Gasteiger partial charge in [-0.15, -0.1) is 0 Å². The SMILES string of the molecule is COc1ccc(-c2c(-c3ccccc3)c3c4ccccc4ccc3c3c2c2ccccc2n3C)cc1. The van der Waals surface area contributed by atoms with Crippen molar-refractivity contribution in [2.24, 2.45) is 7.05 Å². The van der Waals surface area contributed by atoms with Crippen LogP contribution < -0.4 is 4.74 Å². The average molecular weight is 464 g/mol. The Morgan fingerprint density at radius 1 is 0.528 bits per heavy atom. The minimum atomic E-state index is 0.861. The predicted molar refractivity (Wildman–Crippen MR) is 153 cm³/mol. The molecule has 0 saturated carbocycles. The first-order valence-corrected chi connectivity index (χ1v) is 12.3. The fourth-order valence-electron chi connectivity index (χ4n) is 5.89. The summed E-state index contributed by atoms with van der Waals surface area (Å²) in [7, 11) is 3.91. The third-order valence-electron chi connectivity index (χ3n) is 7.48. The van der Waals surface area contributed by atoms with Crippen LogP contribution in [0.4, 0.5) is 0 Å². The van der Waals surface area contributed by atoms with E-state index in [1.807, 2.05) is 0 Å². The number of fused-ring (bicyclic) bond motifs is 7. The Labute approximate surface area is 210 Å². The molecule has 7 rings (SSSR count). The molecule has 0 aliphatic heterocycles. The van der Waals surface area contributed by atoms with E-state index >= 15 is 0 Å². The molecule has 0 aliphatic carbocycles. The number of methoxy groups -OCH3 is 1. The Kier molecular flexibility index (Phi) is 4.62. The first-order valence-electron chi connectivity index (χ1n) is 12.3. The number of para-hydroxylation sites is 1. The first-order chi connectivity index (χ1) is 17.8. The van der Waals surface area contributed by atoms with E-state index < -0.39 is 0 Å². The minimum absolute atomic E-state index is 0.861. The maximum absolute atomic E-state index is 5.51. The molecule has 0 saturated heterocycles. The molecule has 172 valence electrons. The van der Waals surface area contributed by atoms with Crippen LogP contribution >= 0.6 is 0 Å². The second kappa shape index (κ2) is 8.00. The van der Waals surface area contributed by atoms with Crippen molar-refractivity contribution >= 4 is 43.4 Å². The van der Waals surface area contributed by atoms with Crippen LogP contribution in [0.3, 0.4) is 0 Å². The topological polar surface area (TPSA) is 14.2 Å². The van der Waals surface area contributed by atoms with Crippen molar-refractivity contribution in [1.29, 1.82) is 0 Å². The Bertz CT molecular complexity index is 1910. The molecule has 0 amide bonds. The maximum Gasteiger partial charge on any atom is 0.118 e. The Balaban J connectivity index is 1.83. The fourth-order valence-corrected chi connectivity index (χ4v) is 5.89. The van der Waals surface area contributed by atoms with Gasteiger partial charge < -0.3 is 9.30 Å². The van der Waals surface area contributed by atoms with Gasteiger partial charge in [-0.3, -0.25) is 0 Å². The van der Waals surface area contributed by atoms with Gasteiger partial charge in [0.2, 0.25) is 0 Å². The molecule has 0 aliphatic rings. The summed E-state index contributed by atoms with van der Waals surface area (Å²) >= 11 is 0. The molecule has 0 N–H and O–H groups in total. The van der Waals surface area contributed by atoms with Gasteiger partial charge in [0.05, 0.1) is 12.6 Å². The molecule has 0 fully saturated rings. The van der Waals surface area contributed by atoms with E-state index in [1.165, 1.54) is 65.6 Å². The van der Waals surface area contributed by atoms with Crippen LogP contribution in [0, 0.1) is 0 Å². The molecular weight excluding hydrogens is 438 g/mol. The van der Waals surface area contributed by atoms with Crippen molar-refractivity contribution in [2.75, 3.05) is 7.11 Å². The summed E-state index contributed by atoms with van der Waals surface area (Å²) in [6, 6.07) is 41.4. The molecule has 1 aromatic heterocycles.